The summed E-state index contributed by atoms with van der Waals surface area (Å²) in [5.41, 5.74) is 2.66. The number of nitrogens with zero attached hydrogens (tertiary/aromatic N) is 4. The molecule has 3 aromatic rings. The van der Waals surface area contributed by atoms with Crippen molar-refractivity contribution in [3.63, 3.8) is 0 Å². The lowest BCUT2D eigenvalue weighted by Crippen LogP contribution is -2.45. The van der Waals surface area contributed by atoms with Gasteiger partial charge in [-0.2, -0.15) is 5.10 Å². The second-order valence-corrected chi connectivity index (χ2v) is 6.51. The molecule has 1 aliphatic rings. The smallest absolute Gasteiger partial charge is 0.273 e. The summed E-state index contributed by atoms with van der Waals surface area (Å²) < 4.78 is 1.74. The summed E-state index contributed by atoms with van der Waals surface area (Å²) in [7, 11) is 1.87. The molecule has 0 spiro atoms. The molecule has 0 radical (unpaired) electrons. The van der Waals surface area contributed by atoms with Crippen LogP contribution >= 0.6 is 11.3 Å². The van der Waals surface area contributed by atoms with Crippen LogP contribution in [0.5, 0.6) is 0 Å². The van der Waals surface area contributed by atoms with E-state index in [9.17, 15) is 4.79 Å². The number of likely N-dealkylation sites (tertiary alicyclic amines) is 1. The molecule has 1 fully saturated rings. The number of benzene rings is 1. The van der Waals surface area contributed by atoms with Crippen LogP contribution in [0.3, 0.4) is 0 Å². The van der Waals surface area contributed by atoms with Gasteiger partial charge in [-0.3, -0.25) is 9.48 Å². The number of aryl methyl sites for hydroxylation is 1. The van der Waals surface area contributed by atoms with Crippen molar-refractivity contribution < 1.29 is 4.79 Å². The van der Waals surface area contributed by atoms with E-state index >= 15 is 0 Å². The Bertz CT molecular complexity index is 839. The van der Waals surface area contributed by atoms with E-state index in [0.29, 0.717) is 5.69 Å². The van der Waals surface area contributed by atoms with E-state index in [1.807, 2.05) is 41.7 Å². The first-order valence-corrected chi connectivity index (χ1v) is 8.41. The maximum atomic E-state index is 12.7. The zero-order valence-electron chi connectivity index (χ0n) is 12.7. The van der Waals surface area contributed by atoms with E-state index in [2.05, 4.69) is 22.2 Å². The molecule has 2 aromatic heterocycles. The van der Waals surface area contributed by atoms with Gasteiger partial charge in [0.15, 0.2) is 0 Å². The summed E-state index contributed by atoms with van der Waals surface area (Å²) in [6, 6.07) is 10.3. The van der Waals surface area contributed by atoms with Crippen LogP contribution in [0.2, 0.25) is 0 Å². The second kappa shape index (κ2) is 5.62. The van der Waals surface area contributed by atoms with Gasteiger partial charge in [-0.05, 0) is 12.0 Å². The number of hydrogen-bond acceptors (Lipinski definition) is 4. The van der Waals surface area contributed by atoms with Gasteiger partial charge in [-0.25, -0.2) is 4.98 Å². The molecule has 116 valence electrons. The van der Waals surface area contributed by atoms with Crippen LogP contribution in [0.25, 0.3) is 10.6 Å². The minimum absolute atomic E-state index is 0.0106. The maximum absolute atomic E-state index is 12.7. The summed E-state index contributed by atoms with van der Waals surface area (Å²) in [6.07, 6.45) is 4.68. The van der Waals surface area contributed by atoms with Crippen molar-refractivity contribution in [1.82, 2.24) is 19.7 Å². The summed E-state index contributed by atoms with van der Waals surface area (Å²) in [4.78, 5) is 19.1. The molecule has 0 unspecified atom stereocenters. The molecule has 0 saturated carbocycles. The van der Waals surface area contributed by atoms with Crippen LogP contribution in [0.4, 0.5) is 0 Å². The average molecular weight is 324 g/mol. The average Bonchev–Trinajstić information content (AvgIpc) is 3.16. The van der Waals surface area contributed by atoms with E-state index in [-0.39, 0.29) is 11.9 Å². The first-order valence-electron chi connectivity index (χ1n) is 7.53. The Morgan fingerprint density at radius 1 is 1.30 bits per heavy atom. The predicted molar refractivity (Wildman–Crippen MR) is 89.2 cm³/mol. The molecule has 5 nitrogen and oxygen atoms in total. The molecule has 1 aliphatic heterocycles. The molecule has 1 amide bonds. The number of aromatic nitrogens is 3. The number of thiazole rings is 1. The first kappa shape index (κ1) is 14.1. The van der Waals surface area contributed by atoms with Crippen LogP contribution in [-0.4, -0.2) is 32.1 Å². The van der Waals surface area contributed by atoms with Crippen LogP contribution in [0, 0.1) is 0 Å². The van der Waals surface area contributed by atoms with Gasteiger partial charge in [-0.1, -0.05) is 30.3 Å². The topological polar surface area (TPSA) is 51.0 Å². The fourth-order valence-electron chi connectivity index (χ4n) is 2.84. The Kier molecular flexibility index (Phi) is 3.46. The van der Waals surface area contributed by atoms with Crippen LogP contribution in [0.1, 0.15) is 28.5 Å². The second-order valence-electron chi connectivity index (χ2n) is 5.65. The van der Waals surface area contributed by atoms with Crippen molar-refractivity contribution >= 4 is 17.2 Å². The summed E-state index contributed by atoms with van der Waals surface area (Å²) >= 11 is 1.48. The highest BCUT2D eigenvalue weighted by atomic mass is 32.1. The third-order valence-electron chi connectivity index (χ3n) is 4.14. The van der Waals surface area contributed by atoms with Crippen molar-refractivity contribution in [2.45, 2.75) is 12.5 Å². The third kappa shape index (κ3) is 2.55. The molecule has 6 heteroatoms. The Labute approximate surface area is 138 Å². The van der Waals surface area contributed by atoms with Gasteiger partial charge in [0.05, 0.1) is 12.2 Å². The van der Waals surface area contributed by atoms with E-state index in [1.54, 1.807) is 10.9 Å². The predicted octanol–water partition coefficient (Wildman–Crippen LogP) is 3.13. The fourth-order valence-corrected chi connectivity index (χ4v) is 3.60. The highest BCUT2D eigenvalue weighted by molar-refractivity contribution is 7.13. The molecular formula is C17H16N4OS. The zero-order valence-corrected chi connectivity index (χ0v) is 13.5. The normalized spacial score (nSPS) is 17.1. The molecule has 1 saturated heterocycles. The standard InChI is InChI=1S/C17H16N4OS/c1-20-10-13(9-18-20)16-19-14(11-23-16)17(22)21-8-7-15(21)12-5-3-2-4-6-12/h2-6,9-11,15H,7-8H2,1H3/t15-/m0/s1. The van der Waals surface area contributed by atoms with Crippen LogP contribution < -0.4 is 0 Å². The Hall–Kier alpha value is -2.47. The van der Waals surface area contributed by atoms with Gasteiger partial charge >= 0.3 is 0 Å². The largest absolute Gasteiger partial charge is 0.330 e. The van der Waals surface area contributed by atoms with Gasteiger partial charge in [0.1, 0.15) is 10.7 Å². The fraction of sp³-hybridized carbons (Fsp3) is 0.235. The number of hydrogen-bond donors (Lipinski definition) is 0. The number of carbonyl (C=O) groups excluding carboxylic acids is 1. The molecule has 1 atom stereocenters. The SMILES string of the molecule is Cn1cc(-c2nc(C(=O)N3CC[C@H]3c3ccccc3)cs2)cn1. The number of amides is 1. The molecule has 1 aromatic carbocycles. The number of rotatable bonds is 3. The van der Waals surface area contributed by atoms with Crippen molar-refractivity contribution in [2.75, 3.05) is 6.54 Å². The quantitative estimate of drug-likeness (QED) is 0.744. The molecule has 0 bridgehead atoms. The van der Waals surface area contributed by atoms with Crippen molar-refractivity contribution in [1.29, 1.82) is 0 Å². The van der Waals surface area contributed by atoms with Crippen molar-refractivity contribution in [3.05, 3.63) is 59.4 Å². The highest BCUT2D eigenvalue weighted by Gasteiger charge is 2.34. The maximum Gasteiger partial charge on any atom is 0.273 e. The third-order valence-corrected chi connectivity index (χ3v) is 5.03. The van der Waals surface area contributed by atoms with Crippen LogP contribution in [-0.2, 0) is 7.05 Å². The Morgan fingerprint density at radius 2 is 2.13 bits per heavy atom. The van der Waals surface area contributed by atoms with Crippen LogP contribution in [0.15, 0.2) is 48.1 Å². The molecule has 0 aliphatic carbocycles. The highest BCUT2D eigenvalue weighted by Crippen LogP contribution is 2.35. The van der Waals surface area contributed by atoms with Gasteiger partial charge in [0.25, 0.3) is 5.91 Å². The lowest BCUT2D eigenvalue weighted by Gasteiger charge is -2.41. The van der Waals surface area contributed by atoms with E-state index < -0.39 is 0 Å². The number of carbonyl (C=O) groups is 1. The molecule has 4 rings (SSSR count). The lowest BCUT2D eigenvalue weighted by atomic mass is 9.94. The monoisotopic (exact) mass is 324 g/mol. The van der Waals surface area contributed by atoms with Gasteiger partial charge in [0.2, 0.25) is 0 Å². The van der Waals surface area contributed by atoms with Crippen molar-refractivity contribution in [2.24, 2.45) is 7.05 Å². The lowest BCUT2D eigenvalue weighted by molar-refractivity contribution is 0.0455. The summed E-state index contributed by atoms with van der Waals surface area (Å²) in [6.45, 7) is 0.790. The molecule has 0 N–H and O–H groups in total. The minimum atomic E-state index is 0.0106. The molecule has 3 heterocycles. The zero-order chi connectivity index (χ0) is 15.8. The summed E-state index contributed by atoms with van der Waals surface area (Å²) in [5.74, 6) is 0.0106. The Balaban J connectivity index is 1.55. The van der Waals surface area contributed by atoms with Gasteiger partial charge < -0.3 is 4.90 Å². The van der Waals surface area contributed by atoms with Crippen molar-refractivity contribution in [3.8, 4) is 10.6 Å². The van der Waals surface area contributed by atoms with E-state index in [1.165, 1.54) is 16.9 Å². The van der Waals surface area contributed by atoms with Gasteiger partial charge in [-0.15, -0.1) is 11.3 Å². The minimum Gasteiger partial charge on any atom is -0.330 e. The van der Waals surface area contributed by atoms with Gasteiger partial charge in [0, 0.05) is 30.7 Å². The summed E-state index contributed by atoms with van der Waals surface area (Å²) in [5, 5.41) is 6.82. The van der Waals surface area contributed by atoms with E-state index in [4.69, 9.17) is 0 Å². The van der Waals surface area contributed by atoms with E-state index in [0.717, 1.165) is 23.5 Å². The Morgan fingerprint density at radius 3 is 2.78 bits per heavy atom. The first-order chi connectivity index (χ1) is 11.2. The molecular weight excluding hydrogens is 308 g/mol. The molecule has 23 heavy (non-hydrogen) atoms.